The molecule has 3 aromatic rings. The summed E-state index contributed by atoms with van der Waals surface area (Å²) in [7, 11) is 0. The molecule has 0 atom stereocenters. The number of carbonyl (C=O) groups excluding carboxylic acids is 3. The van der Waals surface area contributed by atoms with Crippen molar-refractivity contribution in [2.75, 3.05) is 6.61 Å². The average molecular weight is 438 g/mol. The van der Waals surface area contributed by atoms with E-state index in [2.05, 4.69) is 15.9 Å². The van der Waals surface area contributed by atoms with E-state index < -0.39 is 0 Å². The van der Waals surface area contributed by atoms with Crippen LogP contribution in [0.15, 0.2) is 58.7 Å². The van der Waals surface area contributed by atoms with Crippen LogP contribution in [0.5, 0.6) is 0 Å². The number of nitrogens with zero attached hydrogens (tertiary/aromatic N) is 1. The highest BCUT2D eigenvalue weighted by atomic mass is 79.9. The number of rotatable bonds is 4. The number of Topliss-reactive ketones (excluding diaryl/α,β-unsaturated/α-hetero) is 2. The van der Waals surface area contributed by atoms with E-state index in [0.29, 0.717) is 23.3 Å². The number of hydrogen-bond donors (Lipinski definition) is 0. The number of allylic oxidation sites excluding steroid dienone is 1. The Labute approximate surface area is 169 Å². The van der Waals surface area contributed by atoms with E-state index in [1.807, 2.05) is 18.2 Å². The number of esters is 1. The van der Waals surface area contributed by atoms with Crippen molar-refractivity contribution in [2.24, 2.45) is 0 Å². The van der Waals surface area contributed by atoms with Gasteiger partial charge in [0.05, 0.1) is 12.2 Å². The summed E-state index contributed by atoms with van der Waals surface area (Å²) in [5.74, 6) is -0.897. The van der Waals surface area contributed by atoms with Crippen LogP contribution in [0.1, 0.15) is 33.2 Å². The monoisotopic (exact) mass is 437 g/mol. The molecule has 6 heteroatoms. The largest absolute Gasteiger partial charge is 0.465 e. The molecule has 0 spiro atoms. The summed E-state index contributed by atoms with van der Waals surface area (Å²) in [4.78, 5) is 37.4. The predicted molar refractivity (Wildman–Crippen MR) is 109 cm³/mol. The second-order valence-electron chi connectivity index (χ2n) is 6.44. The minimum Gasteiger partial charge on any atom is -0.465 e. The van der Waals surface area contributed by atoms with Gasteiger partial charge in [-0.25, -0.2) is 0 Å². The Hall–Kier alpha value is -2.99. The maximum Gasteiger partial charge on any atom is 0.325 e. The van der Waals surface area contributed by atoms with Crippen LogP contribution in [0.25, 0.3) is 17.0 Å². The van der Waals surface area contributed by atoms with E-state index in [4.69, 9.17) is 4.74 Å². The van der Waals surface area contributed by atoms with Gasteiger partial charge in [-0.15, -0.1) is 0 Å². The molecular formula is C22H16BrNO4. The number of ketones is 2. The van der Waals surface area contributed by atoms with Gasteiger partial charge in [0.2, 0.25) is 0 Å². The zero-order chi connectivity index (χ0) is 19.8. The topological polar surface area (TPSA) is 65.4 Å². The van der Waals surface area contributed by atoms with E-state index in [0.717, 1.165) is 15.4 Å². The Balaban J connectivity index is 1.82. The summed E-state index contributed by atoms with van der Waals surface area (Å²) < 4.78 is 7.67. The lowest BCUT2D eigenvalue weighted by Gasteiger charge is -2.04. The summed E-state index contributed by atoms with van der Waals surface area (Å²) in [5.41, 5.74) is 2.50. The molecule has 1 aliphatic carbocycles. The van der Waals surface area contributed by atoms with Gasteiger partial charge < -0.3 is 9.30 Å². The third-order valence-electron chi connectivity index (χ3n) is 4.68. The van der Waals surface area contributed by atoms with Crippen LogP contribution in [0.4, 0.5) is 0 Å². The maximum atomic E-state index is 12.7. The minimum absolute atomic E-state index is 0.0528. The van der Waals surface area contributed by atoms with Crippen molar-refractivity contribution < 1.29 is 19.1 Å². The first-order valence-corrected chi connectivity index (χ1v) is 9.63. The molecule has 140 valence electrons. The number of halogens is 1. The highest BCUT2D eigenvalue weighted by Crippen LogP contribution is 2.31. The van der Waals surface area contributed by atoms with Gasteiger partial charge in [-0.1, -0.05) is 40.2 Å². The van der Waals surface area contributed by atoms with E-state index >= 15 is 0 Å². The summed E-state index contributed by atoms with van der Waals surface area (Å²) in [6.07, 6.45) is 3.38. The molecular weight excluding hydrogens is 422 g/mol. The van der Waals surface area contributed by atoms with Crippen LogP contribution in [0.2, 0.25) is 0 Å². The smallest absolute Gasteiger partial charge is 0.325 e. The fourth-order valence-corrected chi connectivity index (χ4v) is 3.81. The normalized spacial score (nSPS) is 13.1. The number of aromatic nitrogens is 1. The fourth-order valence-electron chi connectivity index (χ4n) is 3.45. The third-order valence-corrected chi connectivity index (χ3v) is 5.18. The molecule has 0 fully saturated rings. The van der Waals surface area contributed by atoms with Crippen LogP contribution in [0.3, 0.4) is 0 Å². The standard InChI is InChI=1S/C22H16BrNO4/c1-2-28-20(25)12-24-11-13(17-10-14(23)7-8-19(17)24)9-18-21(26)15-5-3-4-6-16(15)22(18)27/h3-11H,2,12H2,1H3. The van der Waals surface area contributed by atoms with Crippen molar-refractivity contribution in [1.82, 2.24) is 4.57 Å². The molecule has 2 aromatic carbocycles. The van der Waals surface area contributed by atoms with Crippen molar-refractivity contribution in [3.8, 4) is 0 Å². The maximum absolute atomic E-state index is 12.7. The van der Waals surface area contributed by atoms with Crippen molar-refractivity contribution >= 4 is 50.4 Å². The van der Waals surface area contributed by atoms with Gasteiger partial charge in [0.25, 0.3) is 0 Å². The van der Waals surface area contributed by atoms with Gasteiger partial charge >= 0.3 is 5.97 Å². The Kier molecular flexibility index (Phi) is 4.73. The molecule has 28 heavy (non-hydrogen) atoms. The van der Waals surface area contributed by atoms with E-state index in [-0.39, 0.29) is 29.7 Å². The summed E-state index contributed by atoms with van der Waals surface area (Å²) in [6.45, 7) is 2.12. The van der Waals surface area contributed by atoms with Gasteiger partial charge in [-0.3, -0.25) is 14.4 Å². The fraction of sp³-hybridized carbons (Fsp3) is 0.136. The Morgan fingerprint density at radius 1 is 1.11 bits per heavy atom. The molecule has 0 aliphatic heterocycles. The molecule has 0 unspecified atom stereocenters. The Morgan fingerprint density at radius 2 is 1.79 bits per heavy atom. The van der Waals surface area contributed by atoms with Crippen molar-refractivity contribution in [1.29, 1.82) is 0 Å². The molecule has 4 rings (SSSR count). The van der Waals surface area contributed by atoms with Gasteiger partial charge in [0.1, 0.15) is 6.54 Å². The number of benzene rings is 2. The lowest BCUT2D eigenvalue weighted by atomic mass is 10.1. The summed E-state index contributed by atoms with van der Waals surface area (Å²) in [6, 6.07) is 12.5. The number of hydrogen-bond acceptors (Lipinski definition) is 4. The minimum atomic E-state index is -0.345. The zero-order valence-electron chi connectivity index (χ0n) is 15.1. The van der Waals surface area contributed by atoms with Crippen LogP contribution in [-0.4, -0.2) is 28.7 Å². The highest BCUT2D eigenvalue weighted by Gasteiger charge is 2.32. The Bertz CT molecular complexity index is 1140. The van der Waals surface area contributed by atoms with Gasteiger partial charge in [0, 0.05) is 38.3 Å². The molecule has 1 aliphatic rings. The first kappa shape index (κ1) is 18.4. The quantitative estimate of drug-likeness (QED) is 0.344. The molecule has 1 heterocycles. The van der Waals surface area contributed by atoms with Crippen LogP contribution in [0, 0.1) is 0 Å². The van der Waals surface area contributed by atoms with Crippen molar-refractivity contribution in [3.63, 3.8) is 0 Å². The van der Waals surface area contributed by atoms with Gasteiger partial charge in [-0.2, -0.15) is 0 Å². The molecule has 0 radical (unpaired) electrons. The molecule has 1 aromatic heterocycles. The molecule has 5 nitrogen and oxygen atoms in total. The molecule has 0 saturated heterocycles. The molecule has 0 N–H and O–H groups in total. The van der Waals surface area contributed by atoms with Crippen LogP contribution in [-0.2, 0) is 16.1 Å². The lowest BCUT2D eigenvalue weighted by Crippen LogP contribution is -2.12. The number of carbonyl (C=O) groups is 3. The number of fused-ring (bicyclic) bond motifs is 2. The second-order valence-corrected chi connectivity index (χ2v) is 7.36. The predicted octanol–water partition coefficient (Wildman–Crippen LogP) is 4.43. The first-order chi connectivity index (χ1) is 13.5. The SMILES string of the molecule is CCOC(=O)Cn1cc(C=C2C(=O)c3ccccc3C2=O)c2cc(Br)ccc21. The van der Waals surface area contributed by atoms with Gasteiger partial charge in [0.15, 0.2) is 11.6 Å². The van der Waals surface area contributed by atoms with E-state index in [1.54, 1.807) is 48.0 Å². The van der Waals surface area contributed by atoms with Gasteiger partial charge in [-0.05, 0) is 31.2 Å². The highest BCUT2D eigenvalue weighted by molar-refractivity contribution is 9.10. The average Bonchev–Trinajstić information content (AvgIpc) is 3.12. The third kappa shape index (κ3) is 3.10. The zero-order valence-corrected chi connectivity index (χ0v) is 16.7. The summed E-state index contributed by atoms with van der Waals surface area (Å²) in [5, 5.41) is 0.836. The molecule has 0 amide bonds. The second kappa shape index (κ2) is 7.20. The first-order valence-electron chi connectivity index (χ1n) is 8.83. The van der Waals surface area contributed by atoms with Crippen LogP contribution < -0.4 is 0 Å². The lowest BCUT2D eigenvalue weighted by molar-refractivity contribution is -0.143. The molecule has 0 saturated carbocycles. The van der Waals surface area contributed by atoms with Crippen molar-refractivity contribution in [3.05, 3.63) is 75.4 Å². The van der Waals surface area contributed by atoms with E-state index in [1.165, 1.54) is 0 Å². The summed E-state index contributed by atoms with van der Waals surface area (Å²) >= 11 is 3.46. The van der Waals surface area contributed by atoms with E-state index in [9.17, 15) is 14.4 Å². The molecule has 0 bridgehead atoms. The Morgan fingerprint density at radius 3 is 2.43 bits per heavy atom. The van der Waals surface area contributed by atoms with Crippen LogP contribution >= 0.6 is 15.9 Å². The van der Waals surface area contributed by atoms with Crippen molar-refractivity contribution in [2.45, 2.75) is 13.5 Å². The number of ether oxygens (including phenoxy) is 1.